The van der Waals surface area contributed by atoms with Crippen LogP contribution in [0.25, 0.3) is 0 Å². The standard InChI is InChI=1S/C10H11N3/c1-3-5-8(6-11)9(4-2)10(13)7-12/h3,5H,1,4,13H2,2H3/b8-5-,10-9-. The minimum Gasteiger partial charge on any atom is -0.390 e. The molecule has 0 saturated carbocycles. The lowest BCUT2D eigenvalue weighted by molar-refractivity contribution is 1.09. The Balaban J connectivity index is 5.25. The third kappa shape index (κ3) is 2.84. The van der Waals surface area contributed by atoms with Crippen LogP contribution < -0.4 is 5.73 Å². The number of rotatable bonds is 3. The molecular formula is C10H11N3. The molecule has 0 aromatic carbocycles. The molecule has 0 unspecified atom stereocenters. The highest BCUT2D eigenvalue weighted by Crippen LogP contribution is 2.15. The van der Waals surface area contributed by atoms with Crippen LogP contribution in [0.5, 0.6) is 0 Å². The summed E-state index contributed by atoms with van der Waals surface area (Å²) >= 11 is 0. The minimum atomic E-state index is 0.0946. The monoisotopic (exact) mass is 173 g/mol. The molecule has 0 rings (SSSR count). The zero-order valence-corrected chi connectivity index (χ0v) is 7.54. The van der Waals surface area contributed by atoms with Crippen molar-refractivity contribution in [3.63, 3.8) is 0 Å². The average molecular weight is 173 g/mol. The summed E-state index contributed by atoms with van der Waals surface area (Å²) in [6.45, 7) is 5.32. The van der Waals surface area contributed by atoms with Crippen LogP contribution in [0.2, 0.25) is 0 Å². The normalized spacial score (nSPS) is 12.4. The molecule has 0 aliphatic carbocycles. The second-order valence-electron chi connectivity index (χ2n) is 2.29. The molecule has 0 saturated heterocycles. The molecule has 3 nitrogen and oxygen atoms in total. The minimum absolute atomic E-state index is 0.0946. The van der Waals surface area contributed by atoms with Gasteiger partial charge in [0.25, 0.3) is 0 Å². The van der Waals surface area contributed by atoms with Crippen molar-refractivity contribution in [1.29, 1.82) is 10.5 Å². The van der Waals surface area contributed by atoms with Gasteiger partial charge in [-0.05, 0) is 12.5 Å². The first-order valence-corrected chi connectivity index (χ1v) is 3.83. The molecule has 0 aliphatic rings. The molecule has 0 bridgehead atoms. The summed E-state index contributed by atoms with van der Waals surface area (Å²) in [5.74, 6) is 0. The topological polar surface area (TPSA) is 73.6 Å². The van der Waals surface area contributed by atoms with Gasteiger partial charge in [0, 0.05) is 5.57 Å². The van der Waals surface area contributed by atoms with E-state index < -0.39 is 0 Å². The maximum Gasteiger partial charge on any atom is 0.117 e. The molecule has 13 heavy (non-hydrogen) atoms. The lowest BCUT2D eigenvalue weighted by Crippen LogP contribution is -2.01. The van der Waals surface area contributed by atoms with Gasteiger partial charge in [0.2, 0.25) is 0 Å². The molecule has 0 heterocycles. The fourth-order valence-corrected chi connectivity index (χ4v) is 0.917. The Hall–Kier alpha value is -2.00. The van der Waals surface area contributed by atoms with Crippen LogP contribution in [0.3, 0.4) is 0 Å². The van der Waals surface area contributed by atoms with E-state index in [1.165, 1.54) is 6.08 Å². The van der Waals surface area contributed by atoms with Gasteiger partial charge in [0.05, 0.1) is 11.6 Å². The van der Waals surface area contributed by atoms with E-state index in [-0.39, 0.29) is 5.70 Å². The highest BCUT2D eigenvalue weighted by atomic mass is 14.6. The maximum absolute atomic E-state index is 8.74. The molecule has 0 aromatic heterocycles. The first-order valence-electron chi connectivity index (χ1n) is 3.83. The second-order valence-corrected chi connectivity index (χ2v) is 2.29. The van der Waals surface area contributed by atoms with E-state index in [4.69, 9.17) is 16.3 Å². The lowest BCUT2D eigenvalue weighted by atomic mass is 10.0. The summed E-state index contributed by atoms with van der Waals surface area (Å²) in [6.07, 6.45) is 3.61. The van der Waals surface area contributed by atoms with Crippen LogP contribution in [-0.2, 0) is 0 Å². The van der Waals surface area contributed by atoms with Gasteiger partial charge in [-0.25, -0.2) is 0 Å². The molecule has 0 fully saturated rings. The van der Waals surface area contributed by atoms with Crippen molar-refractivity contribution >= 4 is 0 Å². The van der Waals surface area contributed by atoms with Crippen molar-refractivity contribution in [3.8, 4) is 12.1 Å². The number of nitrogens with two attached hydrogens (primary N) is 1. The van der Waals surface area contributed by atoms with Gasteiger partial charge in [-0.2, -0.15) is 10.5 Å². The Kier molecular flexibility index (Phi) is 4.76. The largest absolute Gasteiger partial charge is 0.390 e. The van der Waals surface area contributed by atoms with Crippen molar-refractivity contribution in [2.75, 3.05) is 0 Å². The van der Waals surface area contributed by atoms with E-state index >= 15 is 0 Å². The number of hydrogen-bond acceptors (Lipinski definition) is 3. The van der Waals surface area contributed by atoms with Crippen LogP contribution in [-0.4, -0.2) is 0 Å². The summed E-state index contributed by atoms with van der Waals surface area (Å²) in [7, 11) is 0. The van der Waals surface area contributed by atoms with E-state index in [2.05, 4.69) is 6.58 Å². The molecule has 2 N–H and O–H groups in total. The van der Waals surface area contributed by atoms with E-state index in [9.17, 15) is 0 Å². The molecule has 0 amide bonds. The van der Waals surface area contributed by atoms with Crippen LogP contribution >= 0.6 is 0 Å². The second kappa shape index (κ2) is 5.62. The van der Waals surface area contributed by atoms with Gasteiger partial charge in [-0.15, -0.1) is 0 Å². The number of nitriles is 2. The van der Waals surface area contributed by atoms with Gasteiger partial charge in [0.15, 0.2) is 0 Å². The smallest absolute Gasteiger partial charge is 0.117 e. The molecule has 66 valence electrons. The zero-order valence-electron chi connectivity index (χ0n) is 7.54. The van der Waals surface area contributed by atoms with Gasteiger partial charge in [-0.3, -0.25) is 0 Å². The lowest BCUT2D eigenvalue weighted by Gasteiger charge is -2.01. The van der Waals surface area contributed by atoms with Crippen LogP contribution in [0.1, 0.15) is 13.3 Å². The maximum atomic E-state index is 8.74. The van der Waals surface area contributed by atoms with Crippen LogP contribution in [0.4, 0.5) is 0 Å². The third-order valence-electron chi connectivity index (χ3n) is 1.53. The number of hydrogen-bond donors (Lipinski definition) is 1. The van der Waals surface area contributed by atoms with E-state index in [0.717, 1.165) is 0 Å². The van der Waals surface area contributed by atoms with Gasteiger partial charge >= 0.3 is 0 Å². The van der Waals surface area contributed by atoms with E-state index in [0.29, 0.717) is 17.6 Å². The number of allylic oxidation sites excluding steroid dienone is 5. The molecule has 0 aromatic rings. The molecule has 0 spiro atoms. The Bertz CT molecular complexity index is 334. The van der Waals surface area contributed by atoms with Gasteiger partial charge in [0.1, 0.15) is 11.8 Å². The molecule has 0 atom stereocenters. The predicted octanol–water partition coefficient (Wildman–Crippen LogP) is 1.77. The summed E-state index contributed by atoms with van der Waals surface area (Å²) in [4.78, 5) is 0. The van der Waals surface area contributed by atoms with Gasteiger partial charge < -0.3 is 5.73 Å². The highest BCUT2D eigenvalue weighted by Gasteiger charge is 2.05. The quantitative estimate of drug-likeness (QED) is 0.522. The van der Waals surface area contributed by atoms with Crippen LogP contribution in [0.15, 0.2) is 35.6 Å². The Morgan fingerprint density at radius 3 is 2.38 bits per heavy atom. The Morgan fingerprint density at radius 1 is 1.46 bits per heavy atom. The van der Waals surface area contributed by atoms with E-state index in [1.54, 1.807) is 6.08 Å². The van der Waals surface area contributed by atoms with Crippen molar-refractivity contribution < 1.29 is 0 Å². The molecule has 3 heteroatoms. The zero-order chi connectivity index (χ0) is 10.3. The van der Waals surface area contributed by atoms with Crippen molar-refractivity contribution in [3.05, 3.63) is 35.6 Å². The van der Waals surface area contributed by atoms with Gasteiger partial charge in [-0.1, -0.05) is 19.6 Å². The predicted molar refractivity (Wildman–Crippen MR) is 51.0 cm³/mol. The molecule has 0 radical (unpaired) electrons. The first kappa shape index (κ1) is 11.0. The summed E-state index contributed by atoms with van der Waals surface area (Å²) in [5.41, 5.74) is 6.49. The van der Waals surface area contributed by atoms with Crippen molar-refractivity contribution in [2.45, 2.75) is 13.3 Å². The fraction of sp³-hybridized carbons (Fsp3) is 0.200. The summed E-state index contributed by atoms with van der Waals surface area (Å²) in [5, 5.41) is 17.3. The molecule has 0 aliphatic heterocycles. The fourth-order valence-electron chi connectivity index (χ4n) is 0.917. The summed E-state index contributed by atoms with van der Waals surface area (Å²) < 4.78 is 0. The highest BCUT2D eigenvalue weighted by molar-refractivity contribution is 5.48. The van der Waals surface area contributed by atoms with E-state index in [1.807, 2.05) is 19.1 Å². The molecular weight excluding hydrogens is 162 g/mol. The van der Waals surface area contributed by atoms with Crippen molar-refractivity contribution in [2.24, 2.45) is 5.73 Å². The third-order valence-corrected chi connectivity index (χ3v) is 1.53. The SMILES string of the molecule is C=C/C=C(C#N)\C(CC)=C(/N)C#N. The average Bonchev–Trinajstić information content (AvgIpc) is 2.17. The Morgan fingerprint density at radius 2 is 2.08 bits per heavy atom. The number of nitrogens with zero attached hydrogens (tertiary/aromatic N) is 2. The Labute approximate surface area is 78.1 Å². The van der Waals surface area contributed by atoms with Crippen LogP contribution in [0, 0.1) is 22.7 Å². The van der Waals surface area contributed by atoms with Crippen molar-refractivity contribution in [1.82, 2.24) is 0 Å². The first-order chi connectivity index (χ1) is 6.21. The summed E-state index contributed by atoms with van der Waals surface area (Å²) in [6, 6.07) is 3.79.